The van der Waals surface area contributed by atoms with Gasteiger partial charge in [0, 0.05) is 12.2 Å². The number of rotatable bonds is 2. The van der Waals surface area contributed by atoms with E-state index in [2.05, 4.69) is 10.4 Å². The van der Waals surface area contributed by atoms with Crippen molar-refractivity contribution in [1.82, 2.24) is 15.1 Å². The van der Waals surface area contributed by atoms with Gasteiger partial charge in [-0.25, -0.2) is 0 Å². The molecule has 0 bridgehead atoms. The first-order valence-electron chi connectivity index (χ1n) is 6.90. The quantitative estimate of drug-likeness (QED) is 0.854. The number of hydrogen-bond donors (Lipinski definition) is 2. The first-order valence-corrected chi connectivity index (χ1v) is 6.90. The maximum Gasteiger partial charge on any atom is 0.254 e. The van der Waals surface area contributed by atoms with Crippen LogP contribution in [0.2, 0.25) is 0 Å². The molecule has 0 unspecified atom stereocenters. The summed E-state index contributed by atoms with van der Waals surface area (Å²) >= 11 is 0. The molecule has 1 aromatic heterocycles. The Balaban J connectivity index is 1.95. The van der Waals surface area contributed by atoms with E-state index in [0.717, 1.165) is 25.7 Å². The molecule has 0 aromatic carbocycles. The molecule has 0 aliphatic heterocycles. The Morgan fingerprint density at radius 3 is 2.53 bits per heavy atom. The summed E-state index contributed by atoms with van der Waals surface area (Å²) in [6.07, 6.45) is 6.43. The maximum absolute atomic E-state index is 12.1. The van der Waals surface area contributed by atoms with Crippen LogP contribution in [0.25, 0.3) is 0 Å². The van der Waals surface area contributed by atoms with Gasteiger partial charge in [0.1, 0.15) is 0 Å². The predicted octanol–water partition coefficient (Wildman–Crippen LogP) is 1.67. The van der Waals surface area contributed by atoms with E-state index in [1.165, 1.54) is 0 Å². The average molecular weight is 265 g/mol. The molecule has 1 heterocycles. The summed E-state index contributed by atoms with van der Waals surface area (Å²) in [6.45, 7) is 6.14. The smallest absolute Gasteiger partial charge is 0.254 e. The molecule has 0 atom stereocenters. The van der Waals surface area contributed by atoms with Crippen LogP contribution in [0.4, 0.5) is 0 Å². The third kappa shape index (κ3) is 3.56. The first kappa shape index (κ1) is 14.1. The van der Waals surface area contributed by atoms with Crippen LogP contribution in [-0.2, 0) is 5.54 Å². The van der Waals surface area contributed by atoms with Gasteiger partial charge in [0.15, 0.2) is 0 Å². The van der Waals surface area contributed by atoms with Gasteiger partial charge in [-0.05, 0) is 46.5 Å². The Labute approximate surface area is 114 Å². The summed E-state index contributed by atoms with van der Waals surface area (Å²) in [7, 11) is 0. The van der Waals surface area contributed by atoms with E-state index < -0.39 is 0 Å². The molecule has 5 heteroatoms. The number of carbonyl (C=O) groups excluding carboxylic acids is 1. The average Bonchev–Trinajstić information content (AvgIpc) is 2.81. The van der Waals surface area contributed by atoms with Crippen LogP contribution >= 0.6 is 0 Å². The van der Waals surface area contributed by atoms with Gasteiger partial charge in [0.05, 0.1) is 23.4 Å². The summed E-state index contributed by atoms with van der Waals surface area (Å²) in [5.41, 5.74) is 0.481. The zero-order valence-corrected chi connectivity index (χ0v) is 11.9. The fraction of sp³-hybridized carbons (Fsp3) is 0.714. The van der Waals surface area contributed by atoms with Crippen LogP contribution < -0.4 is 5.32 Å². The van der Waals surface area contributed by atoms with Crippen LogP contribution in [0.5, 0.6) is 0 Å². The van der Waals surface area contributed by atoms with E-state index in [1.807, 2.05) is 20.8 Å². The zero-order valence-electron chi connectivity index (χ0n) is 11.9. The minimum atomic E-state index is -0.197. The SMILES string of the molecule is CC(C)(C)n1cc(C(=O)NC2CCC(O)CC2)cn1. The second kappa shape index (κ2) is 5.33. The van der Waals surface area contributed by atoms with Gasteiger partial charge in [-0.15, -0.1) is 0 Å². The molecule has 5 nitrogen and oxygen atoms in total. The van der Waals surface area contributed by atoms with E-state index in [0.29, 0.717) is 5.56 Å². The van der Waals surface area contributed by atoms with Crippen LogP contribution in [0.15, 0.2) is 12.4 Å². The molecule has 1 saturated carbocycles. The summed E-state index contributed by atoms with van der Waals surface area (Å²) in [5, 5.41) is 16.7. The minimum Gasteiger partial charge on any atom is -0.393 e. The molecule has 1 amide bonds. The van der Waals surface area contributed by atoms with Gasteiger partial charge < -0.3 is 10.4 Å². The summed E-state index contributed by atoms with van der Waals surface area (Å²) in [4.78, 5) is 12.1. The second-order valence-corrected chi connectivity index (χ2v) is 6.32. The number of hydrogen-bond acceptors (Lipinski definition) is 3. The molecule has 1 aromatic rings. The van der Waals surface area contributed by atoms with Crippen molar-refractivity contribution in [3.63, 3.8) is 0 Å². The van der Waals surface area contributed by atoms with Gasteiger partial charge in [-0.1, -0.05) is 0 Å². The maximum atomic E-state index is 12.1. The molecule has 1 aliphatic carbocycles. The van der Waals surface area contributed by atoms with E-state index in [1.54, 1.807) is 17.1 Å². The highest BCUT2D eigenvalue weighted by Crippen LogP contribution is 2.19. The molecule has 2 N–H and O–H groups in total. The summed E-state index contributed by atoms with van der Waals surface area (Å²) in [6, 6.07) is 0.175. The standard InChI is InChI=1S/C14H23N3O2/c1-14(2,3)17-9-10(8-15-17)13(19)16-11-4-6-12(18)7-5-11/h8-9,11-12,18H,4-7H2,1-3H3,(H,16,19). The van der Waals surface area contributed by atoms with Crippen molar-refractivity contribution in [2.24, 2.45) is 0 Å². The number of aliphatic hydroxyl groups excluding tert-OH is 1. The van der Waals surface area contributed by atoms with Gasteiger partial charge in [0.2, 0.25) is 0 Å². The Morgan fingerprint density at radius 2 is 2.00 bits per heavy atom. The summed E-state index contributed by atoms with van der Waals surface area (Å²) < 4.78 is 1.80. The highest BCUT2D eigenvalue weighted by Gasteiger charge is 2.22. The van der Waals surface area contributed by atoms with Crippen molar-refractivity contribution in [3.8, 4) is 0 Å². The molecule has 0 saturated heterocycles. The largest absolute Gasteiger partial charge is 0.393 e. The van der Waals surface area contributed by atoms with Crippen LogP contribution in [0, 0.1) is 0 Å². The lowest BCUT2D eigenvalue weighted by molar-refractivity contribution is 0.0867. The van der Waals surface area contributed by atoms with Crippen molar-refractivity contribution in [2.75, 3.05) is 0 Å². The lowest BCUT2D eigenvalue weighted by atomic mass is 9.93. The lowest BCUT2D eigenvalue weighted by Crippen LogP contribution is -2.38. The molecule has 2 rings (SSSR count). The normalized spacial score (nSPS) is 24.2. The molecular weight excluding hydrogens is 242 g/mol. The third-order valence-corrected chi connectivity index (χ3v) is 3.56. The van der Waals surface area contributed by atoms with Crippen molar-refractivity contribution >= 4 is 5.91 Å². The van der Waals surface area contributed by atoms with Crippen molar-refractivity contribution in [1.29, 1.82) is 0 Å². The highest BCUT2D eigenvalue weighted by molar-refractivity contribution is 5.93. The molecule has 19 heavy (non-hydrogen) atoms. The Kier molecular flexibility index (Phi) is 3.94. The molecule has 0 radical (unpaired) electrons. The number of amides is 1. The number of aromatic nitrogens is 2. The highest BCUT2D eigenvalue weighted by atomic mass is 16.3. The van der Waals surface area contributed by atoms with Crippen molar-refractivity contribution in [2.45, 2.75) is 64.1 Å². The zero-order chi connectivity index (χ0) is 14.0. The molecular formula is C14H23N3O2. The minimum absolute atomic E-state index is 0.0723. The van der Waals surface area contributed by atoms with E-state index in [4.69, 9.17) is 0 Å². The van der Waals surface area contributed by atoms with Crippen molar-refractivity contribution in [3.05, 3.63) is 18.0 Å². The summed E-state index contributed by atoms with van der Waals surface area (Å²) in [5.74, 6) is -0.0723. The lowest BCUT2D eigenvalue weighted by Gasteiger charge is -2.26. The second-order valence-electron chi connectivity index (χ2n) is 6.32. The molecule has 106 valence electrons. The number of nitrogens with one attached hydrogen (secondary N) is 1. The molecule has 0 spiro atoms. The van der Waals surface area contributed by atoms with E-state index >= 15 is 0 Å². The van der Waals surface area contributed by atoms with Crippen LogP contribution in [0.1, 0.15) is 56.8 Å². The van der Waals surface area contributed by atoms with Gasteiger partial charge >= 0.3 is 0 Å². The fourth-order valence-corrected chi connectivity index (χ4v) is 2.30. The van der Waals surface area contributed by atoms with Gasteiger partial charge in [-0.3, -0.25) is 9.48 Å². The topological polar surface area (TPSA) is 67.2 Å². The van der Waals surface area contributed by atoms with Gasteiger partial charge in [-0.2, -0.15) is 5.10 Å². The fourth-order valence-electron chi connectivity index (χ4n) is 2.30. The number of carbonyl (C=O) groups is 1. The first-order chi connectivity index (χ1) is 8.86. The Morgan fingerprint density at radius 1 is 1.37 bits per heavy atom. The third-order valence-electron chi connectivity index (χ3n) is 3.56. The Hall–Kier alpha value is -1.36. The monoisotopic (exact) mass is 265 g/mol. The molecule has 1 aliphatic rings. The van der Waals surface area contributed by atoms with Gasteiger partial charge in [0.25, 0.3) is 5.91 Å². The number of aliphatic hydroxyl groups is 1. The van der Waals surface area contributed by atoms with Crippen molar-refractivity contribution < 1.29 is 9.90 Å². The predicted molar refractivity (Wildman–Crippen MR) is 73.0 cm³/mol. The van der Waals surface area contributed by atoms with Crippen LogP contribution in [0.3, 0.4) is 0 Å². The Bertz CT molecular complexity index is 440. The number of nitrogens with zero attached hydrogens (tertiary/aromatic N) is 2. The van der Waals surface area contributed by atoms with E-state index in [-0.39, 0.29) is 23.6 Å². The molecule has 1 fully saturated rings. The van der Waals surface area contributed by atoms with E-state index in [9.17, 15) is 9.90 Å². The van der Waals surface area contributed by atoms with Crippen LogP contribution in [-0.4, -0.2) is 32.9 Å².